The SMILES string of the molecule is C.OC[C@H](O)C1CCc2cc(F)ccc2O1. The highest BCUT2D eigenvalue weighted by Gasteiger charge is 2.25. The zero-order valence-corrected chi connectivity index (χ0v) is 8.19. The molecule has 2 atom stereocenters. The number of aliphatic hydroxyl groups is 2. The van der Waals surface area contributed by atoms with E-state index in [1.807, 2.05) is 0 Å². The van der Waals surface area contributed by atoms with Crippen LogP contribution >= 0.6 is 0 Å². The molecule has 0 fully saturated rings. The van der Waals surface area contributed by atoms with E-state index in [2.05, 4.69) is 0 Å². The largest absolute Gasteiger partial charge is 0.487 e. The Morgan fingerprint density at radius 1 is 1.50 bits per heavy atom. The molecule has 1 heterocycles. The van der Waals surface area contributed by atoms with Crippen molar-refractivity contribution >= 4 is 0 Å². The van der Waals surface area contributed by atoms with E-state index in [0.29, 0.717) is 18.6 Å². The van der Waals surface area contributed by atoms with Crippen LogP contribution in [0.1, 0.15) is 19.4 Å². The summed E-state index contributed by atoms with van der Waals surface area (Å²) in [5, 5.41) is 18.2. The molecule has 1 aromatic rings. The molecule has 1 aliphatic rings. The van der Waals surface area contributed by atoms with E-state index in [4.69, 9.17) is 9.84 Å². The summed E-state index contributed by atoms with van der Waals surface area (Å²) in [4.78, 5) is 0. The van der Waals surface area contributed by atoms with Gasteiger partial charge in [0.15, 0.2) is 0 Å². The van der Waals surface area contributed by atoms with Crippen LogP contribution in [0, 0.1) is 5.82 Å². The highest BCUT2D eigenvalue weighted by atomic mass is 19.1. The summed E-state index contributed by atoms with van der Waals surface area (Å²) in [6, 6.07) is 4.32. The second-order valence-electron chi connectivity index (χ2n) is 3.70. The van der Waals surface area contributed by atoms with E-state index in [9.17, 15) is 9.50 Å². The first kappa shape index (κ1) is 12.9. The summed E-state index contributed by atoms with van der Waals surface area (Å²) in [6.45, 7) is -0.318. The number of ether oxygens (including phenoxy) is 1. The third kappa shape index (κ3) is 2.51. The molecule has 0 aliphatic carbocycles. The van der Waals surface area contributed by atoms with Crippen molar-refractivity contribution in [2.75, 3.05) is 6.61 Å². The Kier molecular flexibility index (Phi) is 4.26. The Morgan fingerprint density at radius 3 is 2.94 bits per heavy atom. The molecule has 0 saturated carbocycles. The fourth-order valence-corrected chi connectivity index (χ4v) is 1.77. The van der Waals surface area contributed by atoms with Gasteiger partial charge in [-0.05, 0) is 36.6 Å². The number of halogens is 1. The molecule has 0 aromatic heterocycles. The van der Waals surface area contributed by atoms with Gasteiger partial charge < -0.3 is 14.9 Å². The monoisotopic (exact) mass is 228 g/mol. The average molecular weight is 228 g/mol. The lowest BCUT2D eigenvalue weighted by atomic mass is 9.99. The third-order valence-electron chi connectivity index (χ3n) is 2.62. The van der Waals surface area contributed by atoms with E-state index in [1.54, 1.807) is 6.07 Å². The molecule has 4 heteroatoms. The van der Waals surface area contributed by atoms with Crippen LogP contribution in [0.25, 0.3) is 0 Å². The van der Waals surface area contributed by atoms with Crippen molar-refractivity contribution in [3.8, 4) is 5.75 Å². The number of benzene rings is 1. The number of aryl methyl sites for hydroxylation is 1. The van der Waals surface area contributed by atoms with Crippen LogP contribution < -0.4 is 4.74 Å². The second-order valence-corrected chi connectivity index (χ2v) is 3.70. The first-order valence-electron chi connectivity index (χ1n) is 4.94. The Hall–Kier alpha value is -1.13. The zero-order chi connectivity index (χ0) is 10.8. The number of aliphatic hydroxyl groups excluding tert-OH is 2. The Balaban J connectivity index is 0.00000128. The van der Waals surface area contributed by atoms with Crippen molar-refractivity contribution in [2.24, 2.45) is 0 Å². The first-order chi connectivity index (χ1) is 7.20. The maximum Gasteiger partial charge on any atom is 0.127 e. The standard InChI is InChI=1S/C11H13FO3.CH4/c12-8-2-4-10-7(5-8)1-3-11(15-10)9(14)6-13;/h2,4-5,9,11,13-14H,1,3,6H2;1H4/t9-,11?;/m0./s1. The molecule has 0 amide bonds. The number of fused-ring (bicyclic) bond motifs is 1. The van der Waals surface area contributed by atoms with Crippen molar-refractivity contribution in [3.05, 3.63) is 29.6 Å². The molecular weight excluding hydrogens is 211 g/mol. The number of rotatable bonds is 2. The van der Waals surface area contributed by atoms with E-state index < -0.39 is 12.2 Å². The average Bonchev–Trinajstić information content (AvgIpc) is 2.27. The number of hydrogen-bond donors (Lipinski definition) is 2. The smallest absolute Gasteiger partial charge is 0.127 e. The Labute approximate surface area is 94.5 Å². The number of hydrogen-bond acceptors (Lipinski definition) is 3. The molecular formula is C12H17FO3. The van der Waals surface area contributed by atoms with Crippen LogP contribution in [0.3, 0.4) is 0 Å². The predicted molar refractivity (Wildman–Crippen MR) is 59.0 cm³/mol. The summed E-state index contributed by atoms with van der Waals surface area (Å²) in [6.07, 6.45) is -0.0105. The van der Waals surface area contributed by atoms with Crippen LogP contribution in [-0.4, -0.2) is 29.0 Å². The molecule has 1 aliphatic heterocycles. The van der Waals surface area contributed by atoms with Gasteiger partial charge in [-0.1, -0.05) is 7.43 Å². The van der Waals surface area contributed by atoms with Crippen LogP contribution in [0.2, 0.25) is 0 Å². The Bertz CT molecular complexity index is 354. The van der Waals surface area contributed by atoms with Crippen molar-refractivity contribution in [2.45, 2.75) is 32.5 Å². The van der Waals surface area contributed by atoms with Gasteiger partial charge in [0.25, 0.3) is 0 Å². The molecule has 1 unspecified atom stereocenters. The van der Waals surface area contributed by atoms with Crippen molar-refractivity contribution in [1.82, 2.24) is 0 Å². The van der Waals surface area contributed by atoms with Crippen LogP contribution in [0.15, 0.2) is 18.2 Å². The highest BCUT2D eigenvalue weighted by Crippen LogP contribution is 2.29. The van der Waals surface area contributed by atoms with Crippen LogP contribution in [0.4, 0.5) is 4.39 Å². The van der Waals surface area contributed by atoms with Gasteiger partial charge >= 0.3 is 0 Å². The summed E-state index contributed by atoms with van der Waals surface area (Å²) in [5.41, 5.74) is 0.816. The minimum Gasteiger partial charge on any atom is -0.487 e. The second kappa shape index (κ2) is 5.27. The highest BCUT2D eigenvalue weighted by molar-refractivity contribution is 5.35. The molecule has 0 saturated heterocycles. The summed E-state index contributed by atoms with van der Waals surface area (Å²) >= 11 is 0. The van der Waals surface area contributed by atoms with Crippen molar-refractivity contribution < 1.29 is 19.3 Å². The summed E-state index contributed by atoms with van der Waals surface area (Å²) in [7, 11) is 0. The van der Waals surface area contributed by atoms with Gasteiger partial charge in [-0.25, -0.2) is 4.39 Å². The van der Waals surface area contributed by atoms with E-state index in [0.717, 1.165) is 5.56 Å². The molecule has 1 aromatic carbocycles. The molecule has 16 heavy (non-hydrogen) atoms. The van der Waals surface area contributed by atoms with Gasteiger partial charge in [0, 0.05) is 0 Å². The van der Waals surface area contributed by atoms with Gasteiger partial charge in [-0.3, -0.25) is 0 Å². The normalized spacial score (nSPS) is 20.3. The molecule has 0 bridgehead atoms. The van der Waals surface area contributed by atoms with E-state index in [-0.39, 0.29) is 19.9 Å². The summed E-state index contributed by atoms with van der Waals surface area (Å²) < 4.78 is 18.3. The van der Waals surface area contributed by atoms with Gasteiger partial charge in [-0.15, -0.1) is 0 Å². The van der Waals surface area contributed by atoms with Gasteiger partial charge in [0.2, 0.25) is 0 Å². The first-order valence-corrected chi connectivity index (χ1v) is 4.94. The van der Waals surface area contributed by atoms with Gasteiger partial charge in [0.1, 0.15) is 23.8 Å². The topological polar surface area (TPSA) is 49.7 Å². The fraction of sp³-hybridized carbons (Fsp3) is 0.500. The quantitative estimate of drug-likeness (QED) is 0.806. The molecule has 0 spiro atoms. The van der Waals surface area contributed by atoms with Crippen molar-refractivity contribution in [1.29, 1.82) is 0 Å². The Morgan fingerprint density at radius 2 is 2.25 bits per heavy atom. The molecule has 2 rings (SSSR count). The van der Waals surface area contributed by atoms with Gasteiger partial charge in [-0.2, -0.15) is 0 Å². The molecule has 2 N–H and O–H groups in total. The lowest BCUT2D eigenvalue weighted by Gasteiger charge is -2.28. The lowest BCUT2D eigenvalue weighted by molar-refractivity contribution is -0.00965. The maximum absolute atomic E-state index is 12.9. The predicted octanol–water partition coefficient (Wildman–Crippen LogP) is 1.51. The van der Waals surface area contributed by atoms with E-state index >= 15 is 0 Å². The van der Waals surface area contributed by atoms with E-state index in [1.165, 1.54) is 12.1 Å². The summed E-state index contributed by atoms with van der Waals surface area (Å²) in [5.74, 6) is 0.318. The van der Waals surface area contributed by atoms with Crippen LogP contribution in [0.5, 0.6) is 5.75 Å². The van der Waals surface area contributed by atoms with Crippen LogP contribution in [-0.2, 0) is 6.42 Å². The van der Waals surface area contributed by atoms with Crippen molar-refractivity contribution in [3.63, 3.8) is 0 Å². The molecule has 0 radical (unpaired) electrons. The zero-order valence-electron chi connectivity index (χ0n) is 8.19. The molecule has 90 valence electrons. The third-order valence-corrected chi connectivity index (χ3v) is 2.62. The molecule has 3 nitrogen and oxygen atoms in total. The minimum atomic E-state index is -0.872. The lowest BCUT2D eigenvalue weighted by Crippen LogP contribution is -2.37. The fourth-order valence-electron chi connectivity index (χ4n) is 1.77. The maximum atomic E-state index is 12.9. The minimum absolute atomic E-state index is 0. The van der Waals surface area contributed by atoms with Gasteiger partial charge in [0.05, 0.1) is 6.61 Å².